The Hall–Kier alpha value is -3.45. The lowest BCUT2D eigenvalue weighted by atomic mass is 10.2. The second-order valence-electron chi connectivity index (χ2n) is 6.15. The summed E-state index contributed by atoms with van der Waals surface area (Å²) in [6, 6.07) is 16.6. The van der Waals surface area contributed by atoms with Gasteiger partial charge in [0.2, 0.25) is 5.89 Å². The van der Waals surface area contributed by atoms with Gasteiger partial charge in [-0.3, -0.25) is 4.79 Å². The quantitative estimate of drug-likeness (QED) is 0.408. The molecule has 4 aromatic rings. The van der Waals surface area contributed by atoms with Crippen LogP contribution < -0.4 is 0 Å². The Bertz CT molecular complexity index is 1090. The molecular weight excluding hydrogens is 394 g/mol. The first-order valence-electron chi connectivity index (χ1n) is 8.91. The monoisotopic (exact) mass is 409 g/mol. The highest BCUT2D eigenvalue weighted by molar-refractivity contribution is 6.30. The van der Waals surface area contributed by atoms with E-state index in [2.05, 4.69) is 15.2 Å². The molecule has 0 spiro atoms. The maximum Gasteiger partial charge on any atom is 0.306 e. The summed E-state index contributed by atoms with van der Waals surface area (Å²) in [5, 5.41) is 8.44. The van der Waals surface area contributed by atoms with E-state index in [0.717, 1.165) is 11.1 Å². The van der Waals surface area contributed by atoms with E-state index in [1.807, 2.05) is 30.3 Å². The minimum absolute atomic E-state index is 0.0970. The largest absolute Gasteiger partial charge is 0.456 e. The van der Waals surface area contributed by atoms with Crippen molar-refractivity contribution >= 4 is 17.6 Å². The van der Waals surface area contributed by atoms with E-state index in [9.17, 15) is 4.79 Å². The number of rotatable bonds is 7. The molecule has 146 valence electrons. The minimum Gasteiger partial charge on any atom is -0.456 e. The van der Waals surface area contributed by atoms with Crippen molar-refractivity contribution in [3.63, 3.8) is 0 Å². The van der Waals surface area contributed by atoms with Crippen LogP contribution in [0.25, 0.3) is 22.8 Å². The minimum atomic E-state index is -0.407. The highest BCUT2D eigenvalue weighted by Gasteiger charge is 2.13. The third kappa shape index (κ3) is 4.89. The first-order valence-corrected chi connectivity index (χ1v) is 9.29. The van der Waals surface area contributed by atoms with E-state index in [-0.39, 0.29) is 18.9 Å². The van der Waals surface area contributed by atoms with Gasteiger partial charge in [-0.2, -0.15) is 0 Å². The van der Waals surface area contributed by atoms with Crippen molar-refractivity contribution in [2.75, 3.05) is 0 Å². The molecule has 0 fully saturated rings. The van der Waals surface area contributed by atoms with Gasteiger partial charge in [0.1, 0.15) is 0 Å². The molecule has 0 bridgehead atoms. The number of hydrogen-bond donors (Lipinski definition) is 0. The van der Waals surface area contributed by atoms with Crippen LogP contribution in [0.1, 0.15) is 18.2 Å². The summed E-state index contributed by atoms with van der Waals surface area (Å²) in [4.78, 5) is 16.2. The molecule has 0 aliphatic heterocycles. The molecule has 0 aliphatic rings. The summed E-state index contributed by atoms with van der Waals surface area (Å²) in [7, 11) is 0. The molecule has 2 aromatic carbocycles. The summed E-state index contributed by atoms with van der Waals surface area (Å²) in [6.45, 7) is -0.0970. The van der Waals surface area contributed by atoms with E-state index in [1.165, 1.54) is 0 Å². The number of halogens is 1. The van der Waals surface area contributed by atoms with E-state index < -0.39 is 5.97 Å². The Morgan fingerprint density at radius 3 is 2.52 bits per heavy atom. The predicted octanol–water partition coefficient (Wildman–Crippen LogP) is 4.72. The number of esters is 1. The summed E-state index contributed by atoms with van der Waals surface area (Å²) >= 11 is 5.86. The number of benzene rings is 2. The van der Waals surface area contributed by atoms with Crippen molar-refractivity contribution in [1.29, 1.82) is 0 Å². The van der Waals surface area contributed by atoms with Crippen LogP contribution in [-0.4, -0.2) is 21.2 Å². The zero-order valence-corrected chi connectivity index (χ0v) is 16.0. The third-order valence-corrected chi connectivity index (χ3v) is 4.32. The lowest BCUT2D eigenvalue weighted by Crippen LogP contribution is -2.06. The fraction of sp³-hybridized carbons (Fsp3) is 0.143. The van der Waals surface area contributed by atoms with Crippen LogP contribution in [0.5, 0.6) is 0 Å². The van der Waals surface area contributed by atoms with E-state index >= 15 is 0 Å². The van der Waals surface area contributed by atoms with E-state index in [0.29, 0.717) is 29.0 Å². The molecule has 7 nitrogen and oxygen atoms in total. The Balaban J connectivity index is 1.27. The van der Waals surface area contributed by atoms with Crippen LogP contribution in [-0.2, 0) is 22.6 Å². The predicted molar refractivity (Wildman–Crippen MR) is 105 cm³/mol. The molecule has 0 aliphatic carbocycles. The number of aromatic nitrogens is 3. The second kappa shape index (κ2) is 8.70. The summed E-state index contributed by atoms with van der Waals surface area (Å²) < 4.78 is 16.4. The van der Waals surface area contributed by atoms with Crippen LogP contribution in [0.4, 0.5) is 0 Å². The van der Waals surface area contributed by atoms with Gasteiger partial charge in [-0.05, 0) is 24.3 Å². The SMILES string of the molecule is O=C(CCc1ncc(-c2ccccc2)o1)OCc1nnc(-c2ccc(Cl)cc2)o1. The Morgan fingerprint density at radius 2 is 1.72 bits per heavy atom. The molecule has 29 heavy (non-hydrogen) atoms. The number of carbonyl (C=O) groups excluding carboxylic acids is 1. The highest BCUT2D eigenvalue weighted by Crippen LogP contribution is 2.21. The number of hydrogen-bond acceptors (Lipinski definition) is 7. The molecule has 4 rings (SSSR count). The fourth-order valence-electron chi connectivity index (χ4n) is 2.61. The topological polar surface area (TPSA) is 91.2 Å². The summed E-state index contributed by atoms with van der Waals surface area (Å²) in [5.74, 6) is 1.28. The number of carbonyl (C=O) groups is 1. The van der Waals surface area contributed by atoms with Crippen molar-refractivity contribution in [1.82, 2.24) is 15.2 Å². The number of oxazole rings is 1. The summed E-state index contributed by atoms with van der Waals surface area (Å²) in [6.07, 6.45) is 2.12. The first-order chi connectivity index (χ1) is 14.2. The molecule has 8 heteroatoms. The van der Waals surface area contributed by atoms with Crippen molar-refractivity contribution < 1.29 is 18.4 Å². The zero-order chi connectivity index (χ0) is 20.1. The van der Waals surface area contributed by atoms with Crippen LogP contribution in [0.15, 0.2) is 69.6 Å². The Morgan fingerprint density at radius 1 is 0.931 bits per heavy atom. The maximum absolute atomic E-state index is 12.0. The van der Waals surface area contributed by atoms with Gasteiger partial charge < -0.3 is 13.6 Å². The van der Waals surface area contributed by atoms with Gasteiger partial charge in [0, 0.05) is 22.6 Å². The number of nitrogens with zero attached hydrogens (tertiary/aromatic N) is 3. The summed E-state index contributed by atoms with van der Waals surface area (Å²) in [5.41, 5.74) is 1.67. The van der Waals surface area contributed by atoms with Crippen LogP contribution in [0, 0.1) is 0 Å². The smallest absolute Gasteiger partial charge is 0.306 e. The molecule has 0 N–H and O–H groups in total. The van der Waals surface area contributed by atoms with Gasteiger partial charge in [-0.25, -0.2) is 4.98 Å². The van der Waals surface area contributed by atoms with E-state index in [1.54, 1.807) is 30.5 Å². The number of ether oxygens (including phenoxy) is 1. The molecule has 0 amide bonds. The van der Waals surface area contributed by atoms with Crippen molar-refractivity contribution in [3.8, 4) is 22.8 Å². The fourth-order valence-corrected chi connectivity index (χ4v) is 2.73. The second-order valence-corrected chi connectivity index (χ2v) is 6.59. The molecule has 0 saturated carbocycles. The van der Waals surface area contributed by atoms with E-state index in [4.69, 9.17) is 25.2 Å². The normalized spacial score (nSPS) is 10.8. The van der Waals surface area contributed by atoms with Gasteiger partial charge in [0.25, 0.3) is 5.89 Å². The Labute approximate surface area is 171 Å². The molecule has 0 atom stereocenters. The van der Waals surface area contributed by atoms with Crippen molar-refractivity contribution in [2.24, 2.45) is 0 Å². The lowest BCUT2D eigenvalue weighted by molar-refractivity contribution is -0.145. The third-order valence-electron chi connectivity index (χ3n) is 4.07. The van der Waals surface area contributed by atoms with Crippen LogP contribution >= 0.6 is 11.6 Å². The Kier molecular flexibility index (Phi) is 5.67. The van der Waals surface area contributed by atoms with Crippen molar-refractivity contribution in [2.45, 2.75) is 19.4 Å². The van der Waals surface area contributed by atoms with Gasteiger partial charge in [-0.1, -0.05) is 41.9 Å². The molecular formula is C21H16ClN3O4. The number of aryl methyl sites for hydroxylation is 1. The molecule has 2 heterocycles. The average molecular weight is 410 g/mol. The van der Waals surface area contributed by atoms with Crippen LogP contribution in [0.2, 0.25) is 5.02 Å². The maximum atomic E-state index is 12.0. The van der Waals surface area contributed by atoms with Gasteiger partial charge in [0.15, 0.2) is 18.3 Å². The van der Waals surface area contributed by atoms with Gasteiger partial charge in [-0.15, -0.1) is 10.2 Å². The molecule has 0 radical (unpaired) electrons. The van der Waals surface area contributed by atoms with Gasteiger partial charge >= 0.3 is 5.97 Å². The van der Waals surface area contributed by atoms with Gasteiger partial charge in [0.05, 0.1) is 12.6 Å². The highest BCUT2D eigenvalue weighted by atomic mass is 35.5. The molecule has 2 aromatic heterocycles. The standard InChI is InChI=1S/C21H16ClN3O4/c22-16-8-6-15(7-9-16)21-25-24-19(29-21)13-27-20(26)11-10-18-23-12-17(28-18)14-4-2-1-3-5-14/h1-9,12H,10-11,13H2. The average Bonchev–Trinajstić information content (AvgIpc) is 3.42. The molecule has 0 unspecified atom stereocenters. The zero-order valence-electron chi connectivity index (χ0n) is 15.2. The lowest BCUT2D eigenvalue weighted by Gasteiger charge is -2.00. The first kappa shape index (κ1) is 18.9. The molecule has 0 saturated heterocycles. The van der Waals surface area contributed by atoms with Crippen LogP contribution in [0.3, 0.4) is 0 Å². The van der Waals surface area contributed by atoms with Crippen molar-refractivity contribution in [3.05, 3.63) is 77.6 Å².